The first-order chi connectivity index (χ1) is 8.99. The van der Waals surface area contributed by atoms with Crippen LogP contribution in [0.5, 0.6) is 0 Å². The SMILES string of the molecule is CN1CCC(N(C)C(=O)c2cc(Br)ccc2I)CC1. The minimum atomic E-state index is 0.125. The van der Waals surface area contributed by atoms with Gasteiger partial charge in [-0.25, -0.2) is 0 Å². The molecule has 1 heterocycles. The third-order valence-corrected chi connectivity index (χ3v) is 5.15. The maximum atomic E-state index is 12.6. The second-order valence-electron chi connectivity index (χ2n) is 5.07. The summed E-state index contributed by atoms with van der Waals surface area (Å²) in [4.78, 5) is 16.8. The number of likely N-dealkylation sites (tertiary alicyclic amines) is 1. The van der Waals surface area contributed by atoms with Gasteiger partial charge in [-0.15, -0.1) is 0 Å². The van der Waals surface area contributed by atoms with E-state index in [-0.39, 0.29) is 5.91 Å². The number of piperidine rings is 1. The number of halogens is 2. The standard InChI is InChI=1S/C14H18BrIN2O/c1-17-7-5-11(6-8-17)18(2)14(19)12-9-10(15)3-4-13(12)16/h3-4,9,11H,5-8H2,1-2H3. The number of hydrogen-bond acceptors (Lipinski definition) is 2. The molecule has 1 amide bonds. The Morgan fingerprint density at radius 2 is 2.05 bits per heavy atom. The number of amides is 1. The molecule has 104 valence electrons. The van der Waals surface area contributed by atoms with Crippen LogP contribution in [0.25, 0.3) is 0 Å². The Morgan fingerprint density at radius 3 is 2.68 bits per heavy atom. The Bertz CT molecular complexity index is 473. The van der Waals surface area contributed by atoms with Crippen LogP contribution in [0.15, 0.2) is 22.7 Å². The Labute approximate surface area is 136 Å². The molecule has 1 fully saturated rings. The Hall–Kier alpha value is -0.140. The predicted octanol–water partition coefficient (Wildman–Crippen LogP) is 3.22. The fourth-order valence-electron chi connectivity index (χ4n) is 2.40. The van der Waals surface area contributed by atoms with Crippen molar-refractivity contribution in [2.24, 2.45) is 0 Å². The smallest absolute Gasteiger partial charge is 0.254 e. The lowest BCUT2D eigenvalue weighted by Gasteiger charge is -2.35. The van der Waals surface area contributed by atoms with Crippen molar-refractivity contribution in [2.45, 2.75) is 18.9 Å². The predicted molar refractivity (Wildman–Crippen MR) is 89.5 cm³/mol. The van der Waals surface area contributed by atoms with E-state index in [2.05, 4.69) is 50.5 Å². The molecule has 5 heteroatoms. The van der Waals surface area contributed by atoms with Crippen molar-refractivity contribution in [1.82, 2.24) is 9.80 Å². The fourth-order valence-corrected chi connectivity index (χ4v) is 3.33. The summed E-state index contributed by atoms with van der Waals surface area (Å²) in [5.41, 5.74) is 0.788. The summed E-state index contributed by atoms with van der Waals surface area (Å²) in [5, 5.41) is 0. The average Bonchev–Trinajstić information content (AvgIpc) is 2.41. The van der Waals surface area contributed by atoms with E-state index in [0.717, 1.165) is 39.5 Å². The van der Waals surface area contributed by atoms with E-state index in [1.54, 1.807) is 0 Å². The van der Waals surface area contributed by atoms with E-state index < -0.39 is 0 Å². The van der Waals surface area contributed by atoms with Crippen molar-refractivity contribution in [2.75, 3.05) is 27.2 Å². The summed E-state index contributed by atoms with van der Waals surface area (Å²) < 4.78 is 1.96. The maximum absolute atomic E-state index is 12.6. The highest BCUT2D eigenvalue weighted by molar-refractivity contribution is 14.1. The molecule has 2 rings (SSSR count). The minimum absolute atomic E-state index is 0.125. The number of carbonyl (C=O) groups is 1. The summed E-state index contributed by atoms with van der Waals surface area (Å²) in [7, 11) is 4.06. The third-order valence-electron chi connectivity index (χ3n) is 3.71. The van der Waals surface area contributed by atoms with Gasteiger partial charge in [0.15, 0.2) is 0 Å². The molecule has 0 atom stereocenters. The molecule has 1 aromatic rings. The van der Waals surface area contributed by atoms with Crippen molar-refractivity contribution in [3.05, 3.63) is 31.8 Å². The largest absolute Gasteiger partial charge is 0.339 e. The van der Waals surface area contributed by atoms with Gasteiger partial charge in [0, 0.05) is 21.1 Å². The lowest BCUT2D eigenvalue weighted by atomic mass is 10.0. The lowest BCUT2D eigenvalue weighted by Crippen LogP contribution is -2.44. The molecule has 0 bridgehead atoms. The zero-order valence-corrected chi connectivity index (χ0v) is 14.9. The molecule has 19 heavy (non-hydrogen) atoms. The zero-order valence-electron chi connectivity index (χ0n) is 11.2. The van der Waals surface area contributed by atoms with E-state index in [9.17, 15) is 4.79 Å². The van der Waals surface area contributed by atoms with Gasteiger partial charge in [-0.05, 0) is 73.8 Å². The molecule has 0 aliphatic carbocycles. The minimum Gasteiger partial charge on any atom is -0.339 e. The first-order valence-electron chi connectivity index (χ1n) is 6.40. The highest BCUT2D eigenvalue weighted by Gasteiger charge is 2.25. The van der Waals surface area contributed by atoms with Crippen LogP contribution in [0.3, 0.4) is 0 Å². The Morgan fingerprint density at radius 1 is 1.42 bits per heavy atom. The molecule has 3 nitrogen and oxygen atoms in total. The van der Waals surface area contributed by atoms with Crippen LogP contribution in [-0.4, -0.2) is 48.9 Å². The number of rotatable bonds is 2. The van der Waals surface area contributed by atoms with Gasteiger partial charge < -0.3 is 9.80 Å². The van der Waals surface area contributed by atoms with Crippen molar-refractivity contribution < 1.29 is 4.79 Å². The quantitative estimate of drug-likeness (QED) is 0.664. The van der Waals surface area contributed by atoms with Crippen molar-refractivity contribution in [1.29, 1.82) is 0 Å². The van der Waals surface area contributed by atoms with Crippen LogP contribution < -0.4 is 0 Å². The van der Waals surface area contributed by atoms with Gasteiger partial charge >= 0.3 is 0 Å². The van der Waals surface area contributed by atoms with Crippen LogP contribution in [0.2, 0.25) is 0 Å². The summed E-state index contributed by atoms with van der Waals surface area (Å²) in [6.45, 7) is 2.13. The maximum Gasteiger partial charge on any atom is 0.254 e. The zero-order chi connectivity index (χ0) is 14.0. The van der Waals surface area contributed by atoms with Crippen molar-refractivity contribution in [3.63, 3.8) is 0 Å². The summed E-state index contributed by atoms with van der Waals surface area (Å²) in [5.74, 6) is 0.125. The molecule has 0 spiro atoms. The monoisotopic (exact) mass is 436 g/mol. The van der Waals surface area contributed by atoms with E-state index >= 15 is 0 Å². The first-order valence-corrected chi connectivity index (χ1v) is 8.27. The molecule has 1 aliphatic heterocycles. The van der Waals surface area contributed by atoms with Crippen LogP contribution >= 0.6 is 38.5 Å². The molecule has 1 saturated heterocycles. The Balaban J connectivity index is 2.12. The van der Waals surface area contributed by atoms with E-state index in [4.69, 9.17) is 0 Å². The number of nitrogens with zero attached hydrogens (tertiary/aromatic N) is 2. The Kier molecular flexibility index (Phi) is 5.25. The number of benzene rings is 1. The molecular weight excluding hydrogens is 419 g/mol. The molecule has 0 radical (unpaired) electrons. The summed E-state index contributed by atoms with van der Waals surface area (Å²) >= 11 is 5.66. The van der Waals surface area contributed by atoms with Crippen LogP contribution in [0.4, 0.5) is 0 Å². The summed E-state index contributed by atoms with van der Waals surface area (Å²) in [6, 6.07) is 6.21. The average molecular weight is 437 g/mol. The van der Waals surface area contributed by atoms with Gasteiger partial charge in [0.25, 0.3) is 5.91 Å². The highest BCUT2D eigenvalue weighted by Crippen LogP contribution is 2.22. The first kappa shape index (κ1) is 15.3. The topological polar surface area (TPSA) is 23.6 Å². The van der Waals surface area contributed by atoms with E-state index in [0.29, 0.717) is 6.04 Å². The molecule has 0 unspecified atom stereocenters. The molecule has 0 aromatic heterocycles. The van der Waals surface area contributed by atoms with E-state index in [1.165, 1.54) is 0 Å². The summed E-state index contributed by atoms with van der Waals surface area (Å²) in [6.07, 6.45) is 2.12. The second kappa shape index (κ2) is 6.54. The van der Waals surface area contributed by atoms with Gasteiger partial charge in [0.1, 0.15) is 0 Å². The molecule has 0 saturated carbocycles. The molecule has 1 aromatic carbocycles. The fraction of sp³-hybridized carbons (Fsp3) is 0.500. The van der Waals surface area contributed by atoms with Crippen LogP contribution in [0.1, 0.15) is 23.2 Å². The van der Waals surface area contributed by atoms with Crippen LogP contribution in [-0.2, 0) is 0 Å². The molecule has 1 aliphatic rings. The lowest BCUT2D eigenvalue weighted by molar-refractivity contribution is 0.0658. The third kappa shape index (κ3) is 3.70. The van der Waals surface area contributed by atoms with Gasteiger partial charge in [-0.2, -0.15) is 0 Å². The van der Waals surface area contributed by atoms with Gasteiger partial charge in [0.05, 0.1) is 5.56 Å². The van der Waals surface area contributed by atoms with Gasteiger partial charge in [-0.1, -0.05) is 15.9 Å². The molecule has 0 N–H and O–H groups in total. The van der Waals surface area contributed by atoms with Gasteiger partial charge in [-0.3, -0.25) is 4.79 Å². The van der Waals surface area contributed by atoms with Gasteiger partial charge in [0.2, 0.25) is 0 Å². The highest BCUT2D eigenvalue weighted by atomic mass is 127. The van der Waals surface area contributed by atoms with Crippen molar-refractivity contribution in [3.8, 4) is 0 Å². The number of carbonyl (C=O) groups excluding carboxylic acids is 1. The van der Waals surface area contributed by atoms with E-state index in [1.807, 2.05) is 30.1 Å². The number of hydrogen-bond donors (Lipinski definition) is 0. The molecular formula is C14H18BrIN2O. The van der Waals surface area contributed by atoms with Crippen LogP contribution in [0, 0.1) is 3.57 Å². The van der Waals surface area contributed by atoms with Crippen molar-refractivity contribution >= 4 is 44.4 Å². The normalized spacial score (nSPS) is 17.5. The second-order valence-corrected chi connectivity index (χ2v) is 7.15.